The number of hydrogen-bond donors (Lipinski definition) is 1. The largest absolute Gasteiger partial charge is 0.383 e. The van der Waals surface area contributed by atoms with Crippen molar-refractivity contribution in [3.63, 3.8) is 0 Å². The van der Waals surface area contributed by atoms with Gasteiger partial charge in [-0.15, -0.1) is 0 Å². The van der Waals surface area contributed by atoms with Crippen molar-refractivity contribution in [3.05, 3.63) is 11.8 Å². The molecule has 5 nitrogen and oxygen atoms in total. The Morgan fingerprint density at radius 3 is 2.60 bits per heavy atom. The number of aromatic nitrogens is 2. The highest BCUT2D eigenvalue weighted by Gasteiger charge is 2.28. The molecular weight excluding hydrogens is 252 g/mol. The van der Waals surface area contributed by atoms with E-state index in [1.165, 1.54) is 19.3 Å². The molecule has 112 valence electrons. The van der Waals surface area contributed by atoms with Crippen LogP contribution in [0.2, 0.25) is 0 Å². The summed E-state index contributed by atoms with van der Waals surface area (Å²) in [7, 11) is 1.76. The molecular formula is C15H26N4O. The Morgan fingerprint density at radius 2 is 2.10 bits per heavy atom. The first-order valence-corrected chi connectivity index (χ1v) is 7.59. The number of nitrogens with two attached hydrogens (primary N) is 1. The molecule has 0 spiro atoms. The molecule has 1 heterocycles. The van der Waals surface area contributed by atoms with Gasteiger partial charge in [0.1, 0.15) is 11.4 Å². The van der Waals surface area contributed by atoms with Gasteiger partial charge in [0.2, 0.25) is 0 Å². The van der Waals surface area contributed by atoms with E-state index in [0.717, 1.165) is 19.4 Å². The Balaban J connectivity index is 2.21. The predicted molar refractivity (Wildman–Crippen MR) is 80.4 cm³/mol. The molecule has 1 amide bonds. The third-order valence-electron chi connectivity index (χ3n) is 4.05. The zero-order valence-electron chi connectivity index (χ0n) is 12.8. The lowest BCUT2D eigenvalue weighted by atomic mass is 9.93. The van der Waals surface area contributed by atoms with Crippen molar-refractivity contribution in [2.45, 2.75) is 52.0 Å². The summed E-state index contributed by atoms with van der Waals surface area (Å²) in [5.41, 5.74) is 6.50. The van der Waals surface area contributed by atoms with Crippen LogP contribution in [0.5, 0.6) is 0 Å². The molecule has 2 rings (SSSR count). The Labute approximate surface area is 121 Å². The van der Waals surface area contributed by atoms with E-state index in [9.17, 15) is 4.79 Å². The number of nitrogen functional groups attached to an aromatic ring is 1. The molecule has 0 aromatic carbocycles. The Bertz CT molecular complexity index is 460. The number of carbonyl (C=O) groups is 1. The van der Waals surface area contributed by atoms with Gasteiger partial charge in [-0.1, -0.05) is 33.1 Å². The van der Waals surface area contributed by atoms with Gasteiger partial charge in [-0.05, 0) is 18.8 Å². The fourth-order valence-corrected chi connectivity index (χ4v) is 2.95. The lowest BCUT2D eigenvalue weighted by Crippen LogP contribution is -2.43. The van der Waals surface area contributed by atoms with E-state index in [0.29, 0.717) is 23.3 Å². The number of hydrogen-bond acceptors (Lipinski definition) is 3. The van der Waals surface area contributed by atoms with Crippen LogP contribution in [0, 0.1) is 5.92 Å². The minimum Gasteiger partial charge on any atom is -0.383 e. The average Bonchev–Trinajstić information content (AvgIpc) is 2.76. The Hall–Kier alpha value is -1.52. The SMILES string of the molecule is CC(C)CN(C(=O)c1cnn(C)c1N)C1CCCCC1. The van der Waals surface area contributed by atoms with Crippen LogP contribution in [0.25, 0.3) is 0 Å². The van der Waals surface area contributed by atoms with E-state index in [4.69, 9.17) is 5.73 Å². The summed E-state index contributed by atoms with van der Waals surface area (Å²) >= 11 is 0. The molecule has 5 heteroatoms. The summed E-state index contributed by atoms with van der Waals surface area (Å²) in [6.07, 6.45) is 7.53. The Kier molecular flexibility index (Phi) is 4.68. The zero-order valence-corrected chi connectivity index (χ0v) is 12.8. The molecule has 0 atom stereocenters. The molecule has 0 unspecified atom stereocenters. The van der Waals surface area contributed by atoms with Crippen molar-refractivity contribution in [2.24, 2.45) is 13.0 Å². The van der Waals surface area contributed by atoms with Crippen molar-refractivity contribution in [1.82, 2.24) is 14.7 Å². The second-order valence-corrected chi connectivity index (χ2v) is 6.21. The number of aryl methyl sites for hydroxylation is 1. The number of rotatable bonds is 4. The van der Waals surface area contributed by atoms with Crippen molar-refractivity contribution >= 4 is 11.7 Å². The van der Waals surface area contributed by atoms with Gasteiger partial charge < -0.3 is 10.6 Å². The van der Waals surface area contributed by atoms with Crippen LogP contribution in [-0.2, 0) is 7.05 Å². The highest BCUT2D eigenvalue weighted by atomic mass is 16.2. The summed E-state index contributed by atoms with van der Waals surface area (Å²) in [5.74, 6) is 0.953. The average molecular weight is 278 g/mol. The second-order valence-electron chi connectivity index (χ2n) is 6.21. The van der Waals surface area contributed by atoms with Gasteiger partial charge in [0.25, 0.3) is 5.91 Å². The van der Waals surface area contributed by atoms with E-state index in [2.05, 4.69) is 18.9 Å². The van der Waals surface area contributed by atoms with Crippen LogP contribution < -0.4 is 5.73 Å². The van der Waals surface area contributed by atoms with Crippen LogP contribution in [0.3, 0.4) is 0 Å². The molecule has 1 fully saturated rings. The van der Waals surface area contributed by atoms with Crippen molar-refractivity contribution < 1.29 is 4.79 Å². The maximum absolute atomic E-state index is 12.8. The molecule has 0 saturated heterocycles. The van der Waals surface area contributed by atoms with Crippen LogP contribution in [-0.4, -0.2) is 33.2 Å². The fraction of sp³-hybridized carbons (Fsp3) is 0.733. The fourth-order valence-electron chi connectivity index (χ4n) is 2.95. The number of carbonyl (C=O) groups excluding carboxylic acids is 1. The van der Waals surface area contributed by atoms with E-state index >= 15 is 0 Å². The van der Waals surface area contributed by atoms with Crippen molar-refractivity contribution in [1.29, 1.82) is 0 Å². The lowest BCUT2D eigenvalue weighted by Gasteiger charge is -2.35. The molecule has 2 N–H and O–H groups in total. The standard InChI is InChI=1S/C15H26N4O/c1-11(2)10-19(12-7-5-4-6-8-12)15(20)13-9-17-18(3)14(13)16/h9,11-12H,4-8,10,16H2,1-3H3. The van der Waals surface area contributed by atoms with Crippen LogP contribution in [0.1, 0.15) is 56.3 Å². The van der Waals surface area contributed by atoms with E-state index in [-0.39, 0.29) is 5.91 Å². The molecule has 1 aliphatic rings. The third-order valence-corrected chi connectivity index (χ3v) is 4.05. The molecule has 20 heavy (non-hydrogen) atoms. The maximum atomic E-state index is 12.8. The van der Waals surface area contributed by atoms with Crippen LogP contribution in [0.4, 0.5) is 5.82 Å². The topological polar surface area (TPSA) is 64.2 Å². The summed E-state index contributed by atoms with van der Waals surface area (Å²) in [6.45, 7) is 5.09. The second kappa shape index (κ2) is 6.29. The third kappa shape index (κ3) is 3.14. The Morgan fingerprint density at radius 1 is 1.45 bits per heavy atom. The van der Waals surface area contributed by atoms with Crippen LogP contribution in [0.15, 0.2) is 6.20 Å². The minimum absolute atomic E-state index is 0.0381. The molecule has 0 radical (unpaired) electrons. The minimum atomic E-state index is 0.0381. The highest BCUT2D eigenvalue weighted by molar-refractivity contribution is 5.98. The smallest absolute Gasteiger partial charge is 0.259 e. The molecule has 0 aliphatic heterocycles. The highest BCUT2D eigenvalue weighted by Crippen LogP contribution is 2.26. The van der Waals surface area contributed by atoms with Gasteiger partial charge in [0.05, 0.1) is 6.20 Å². The zero-order chi connectivity index (χ0) is 14.7. The first-order chi connectivity index (χ1) is 9.50. The van der Waals surface area contributed by atoms with Gasteiger partial charge in [0, 0.05) is 19.6 Å². The first-order valence-electron chi connectivity index (χ1n) is 7.59. The van der Waals surface area contributed by atoms with Crippen LogP contribution >= 0.6 is 0 Å². The first kappa shape index (κ1) is 14.9. The molecule has 1 aliphatic carbocycles. The van der Waals surface area contributed by atoms with Gasteiger partial charge in [-0.25, -0.2) is 0 Å². The normalized spacial score (nSPS) is 16.6. The van der Waals surface area contributed by atoms with Gasteiger partial charge in [-0.2, -0.15) is 5.10 Å². The summed E-state index contributed by atoms with van der Waals surface area (Å²) < 4.78 is 1.56. The number of nitrogens with zero attached hydrogens (tertiary/aromatic N) is 3. The van der Waals surface area contributed by atoms with Crippen molar-refractivity contribution in [2.75, 3.05) is 12.3 Å². The summed E-state index contributed by atoms with van der Waals surface area (Å²) in [4.78, 5) is 14.8. The summed E-state index contributed by atoms with van der Waals surface area (Å²) in [5, 5.41) is 4.09. The number of amides is 1. The monoisotopic (exact) mass is 278 g/mol. The molecule has 0 bridgehead atoms. The van der Waals surface area contributed by atoms with Crippen molar-refractivity contribution in [3.8, 4) is 0 Å². The molecule has 1 aromatic heterocycles. The molecule has 1 aromatic rings. The van der Waals surface area contributed by atoms with E-state index in [1.807, 2.05) is 4.90 Å². The van der Waals surface area contributed by atoms with Gasteiger partial charge >= 0.3 is 0 Å². The number of anilines is 1. The molecule has 1 saturated carbocycles. The van der Waals surface area contributed by atoms with Gasteiger partial charge in [0.15, 0.2) is 0 Å². The van der Waals surface area contributed by atoms with E-state index < -0.39 is 0 Å². The van der Waals surface area contributed by atoms with Gasteiger partial charge in [-0.3, -0.25) is 9.48 Å². The lowest BCUT2D eigenvalue weighted by molar-refractivity contribution is 0.0605. The predicted octanol–water partition coefficient (Wildman–Crippen LogP) is 2.43. The maximum Gasteiger partial charge on any atom is 0.259 e. The quantitative estimate of drug-likeness (QED) is 0.920. The summed E-state index contributed by atoms with van der Waals surface area (Å²) in [6, 6.07) is 0.359. The van der Waals surface area contributed by atoms with E-state index in [1.54, 1.807) is 17.9 Å².